The van der Waals surface area contributed by atoms with Crippen LogP contribution in [0.25, 0.3) is 10.2 Å². The van der Waals surface area contributed by atoms with E-state index in [1.165, 1.54) is 26.6 Å². The van der Waals surface area contributed by atoms with Gasteiger partial charge in [0.1, 0.15) is 5.01 Å². The fourth-order valence-electron chi connectivity index (χ4n) is 3.88. The van der Waals surface area contributed by atoms with Crippen LogP contribution in [0.15, 0.2) is 54.6 Å². The van der Waals surface area contributed by atoms with E-state index in [1.807, 2.05) is 47.5 Å². The molecule has 4 rings (SSSR count). The fraction of sp³-hybridized carbons (Fsp3) is 0.364. The van der Waals surface area contributed by atoms with E-state index in [4.69, 9.17) is 4.98 Å². The van der Waals surface area contributed by atoms with Crippen molar-refractivity contribution in [2.75, 3.05) is 26.7 Å². The number of likely N-dealkylation sites (N-methyl/N-ethyl adjacent to an activating group) is 1. The van der Waals surface area contributed by atoms with E-state index in [9.17, 15) is 4.79 Å². The van der Waals surface area contributed by atoms with Gasteiger partial charge in [0, 0.05) is 13.6 Å². The maximum Gasteiger partial charge on any atom is 0.277 e. The van der Waals surface area contributed by atoms with Crippen molar-refractivity contribution in [3.05, 3.63) is 65.2 Å². The number of carbonyl (C=O) groups is 1. The predicted octanol–water partition coefficient (Wildman–Crippen LogP) is 2.72. The number of hydrogen-bond donors (Lipinski definition) is 1. The van der Waals surface area contributed by atoms with E-state index in [-0.39, 0.29) is 5.91 Å². The van der Waals surface area contributed by atoms with Crippen LogP contribution < -0.4 is 4.90 Å². The topological polar surface area (TPSA) is 37.6 Å². The van der Waals surface area contributed by atoms with Gasteiger partial charge in [0.25, 0.3) is 5.91 Å². The number of piperidine rings is 1. The third-order valence-corrected chi connectivity index (χ3v) is 6.57. The molecule has 1 N–H and O–H groups in total. The minimum atomic E-state index is 0.221. The molecule has 1 saturated heterocycles. The zero-order chi connectivity index (χ0) is 18.6. The van der Waals surface area contributed by atoms with E-state index in [1.54, 1.807) is 0 Å². The summed E-state index contributed by atoms with van der Waals surface area (Å²) < 4.78 is 1.26. The molecule has 1 aliphatic heterocycles. The van der Waals surface area contributed by atoms with Crippen LogP contribution in [0.1, 0.15) is 29.3 Å². The largest absolute Gasteiger partial charge is 0.337 e. The van der Waals surface area contributed by atoms with Crippen LogP contribution in [-0.4, -0.2) is 42.5 Å². The fourth-order valence-corrected chi connectivity index (χ4v) is 4.98. The van der Waals surface area contributed by atoms with Crippen LogP contribution in [0.2, 0.25) is 0 Å². The molecule has 0 saturated carbocycles. The highest BCUT2D eigenvalue weighted by molar-refractivity contribution is 7.18. The smallest absolute Gasteiger partial charge is 0.277 e. The molecule has 2 atom stereocenters. The normalized spacial score (nSPS) is 19.9. The summed E-state index contributed by atoms with van der Waals surface area (Å²) in [6.07, 6.45) is 2.34. The molecule has 5 heteroatoms. The zero-order valence-corrected chi connectivity index (χ0v) is 16.5. The lowest BCUT2D eigenvalue weighted by Crippen LogP contribution is -3.14. The number of aromatic nitrogens is 1. The Bertz CT molecular complexity index is 875. The Kier molecular flexibility index (Phi) is 5.50. The molecular weight excluding hydrogens is 354 g/mol. The van der Waals surface area contributed by atoms with Crippen LogP contribution in [0.5, 0.6) is 0 Å². The number of nitrogens with zero attached hydrogens (tertiary/aromatic N) is 2. The van der Waals surface area contributed by atoms with Crippen LogP contribution in [0.4, 0.5) is 0 Å². The van der Waals surface area contributed by atoms with E-state index in [0.717, 1.165) is 25.0 Å². The third kappa shape index (κ3) is 4.37. The van der Waals surface area contributed by atoms with Crippen LogP contribution in [0, 0.1) is 0 Å². The van der Waals surface area contributed by atoms with Crippen LogP contribution >= 0.6 is 11.3 Å². The number of rotatable bonds is 5. The molecule has 2 heterocycles. The molecule has 1 aliphatic rings. The van der Waals surface area contributed by atoms with Gasteiger partial charge in [-0.05, 0) is 30.5 Å². The van der Waals surface area contributed by atoms with Crippen molar-refractivity contribution in [3.63, 3.8) is 0 Å². The van der Waals surface area contributed by atoms with Gasteiger partial charge in [-0.25, -0.2) is 4.98 Å². The van der Waals surface area contributed by atoms with Crippen molar-refractivity contribution >= 4 is 27.5 Å². The minimum absolute atomic E-state index is 0.221. The summed E-state index contributed by atoms with van der Waals surface area (Å²) in [4.78, 5) is 20.8. The van der Waals surface area contributed by atoms with Crippen molar-refractivity contribution < 1.29 is 9.69 Å². The minimum Gasteiger partial charge on any atom is -0.337 e. The summed E-state index contributed by atoms with van der Waals surface area (Å²) >= 11 is 1.81. The molecule has 2 aromatic carbocycles. The highest BCUT2D eigenvalue weighted by atomic mass is 32.1. The van der Waals surface area contributed by atoms with Gasteiger partial charge in [0.05, 0.1) is 29.2 Å². The number of benzene rings is 2. The summed E-state index contributed by atoms with van der Waals surface area (Å²) in [5.74, 6) is 0.692. The number of thiazole rings is 1. The lowest BCUT2D eigenvalue weighted by Gasteiger charge is -2.29. The second-order valence-corrected chi connectivity index (χ2v) is 8.54. The van der Waals surface area contributed by atoms with Gasteiger partial charge in [0.2, 0.25) is 0 Å². The Hall–Kier alpha value is -2.24. The predicted molar refractivity (Wildman–Crippen MR) is 110 cm³/mol. The quantitative estimate of drug-likeness (QED) is 0.739. The van der Waals surface area contributed by atoms with E-state index < -0.39 is 0 Å². The van der Waals surface area contributed by atoms with E-state index in [2.05, 4.69) is 30.3 Å². The molecule has 4 nitrogen and oxygen atoms in total. The number of likely N-dealkylation sites (tertiary alicyclic amines) is 1. The molecule has 140 valence electrons. The molecule has 0 bridgehead atoms. The summed E-state index contributed by atoms with van der Waals surface area (Å²) in [5.41, 5.74) is 2.28. The number of quaternary nitrogens is 1. The van der Waals surface area contributed by atoms with Gasteiger partial charge in [0.15, 0.2) is 6.54 Å². The van der Waals surface area contributed by atoms with E-state index >= 15 is 0 Å². The highest BCUT2D eigenvalue weighted by Crippen LogP contribution is 2.30. The van der Waals surface area contributed by atoms with Crippen molar-refractivity contribution in [2.45, 2.75) is 25.3 Å². The first-order valence-corrected chi connectivity index (χ1v) is 10.5. The van der Waals surface area contributed by atoms with Crippen molar-refractivity contribution in [3.8, 4) is 0 Å². The molecule has 27 heavy (non-hydrogen) atoms. The summed E-state index contributed by atoms with van der Waals surface area (Å²) in [6.45, 7) is 3.33. The van der Waals surface area contributed by atoms with Crippen LogP contribution in [-0.2, 0) is 11.3 Å². The first kappa shape index (κ1) is 18.1. The highest BCUT2D eigenvalue weighted by Gasteiger charge is 2.29. The average Bonchev–Trinajstić information content (AvgIpc) is 3.13. The first-order chi connectivity index (χ1) is 13.2. The van der Waals surface area contributed by atoms with Crippen molar-refractivity contribution in [1.82, 2.24) is 9.88 Å². The Balaban J connectivity index is 1.37. The molecule has 1 aromatic heterocycles. The van der Waals surface area contributed by atoms with Gasteiger partial charge in [-0.3, -0.25) is 4.79 Å². The Labute approximate surface area is 164 Å². The second-order valence-electron chi connectivity index (χ2n) is 7.48. The average molecular weight is 381 g/mol. The Morgan fingerprint density at radius 1 is 1.19 bits per heavy atom. The van der Waals surface area contributed by atoms with Gasteiger partial charge in [-0.2, -0.15) is 0 Å². The number of amides is 1. The number of hydrogen-bond acceptors (Lipinski definition) is 3. The lowest BCUT2D eigenvalue weighted by atomic mass is 9.98. The SMILES string of the molecule is CN(Cc1ccccc1)C(=O)C[NH+]1CCC[C@@H](c2nc3ccccc3s2)C1. The maximum atomic E-state index is 12.7. The van der Waals surface area contributed by atoms with Crippen molar-refractivity contribution in [2.24, 2.45) is 0 Å². The van der Waals surface area contributed by atoms with Gasteiger partial charge in [-0.1, -0.05) is 42.5 Å². The molecule has 1 amide bonds. The van der Waals surface area contributed by atoms with Gasteiger partial charge < -0.3 is 9.80 Å². The summed E-state index contributed by atoms with van der Waals surface area (Å²) in [5, 5.41) is 1.23. The third-order valence-electron chi connectivity index (χ3n) is 5.37. The van der Waals surface area contributed by atoms with Crippen molar-refractivity contribution in [1.29, 1.82) is 0 Å². The van der Waals surface area contributed by atoms with Gasteiger partial charge >= 0.3 is 0 Å². The maximum absolute atomic E-state index is 12.7. The van der Waals surface area contributed by atoms with Crippen LogP contribution in [0.3, 0.4) is 0 Å². The molecule has 1 fully saturated rings. The Morgan fingerprint density at radius 3 is 2.78 bits per heavy atom. The number of nitrogens with one attached hydrogen (secondary N) is 1. The number of carbonyl (C=O) groups excluding carboxylic acids is 1. The monoisotopic (exact) mass is 380 g/mol. The zero-order valence-electron chi connectivity index (χ0n) is 15.7. The standard InChI is InChI=1S/C22H25N3OS/c1-24(14-17-8-3-2-4-9-17)21(26)16-25-13-7-10-18(15-25)22-23-19-11-5-6-12-20(19)27-22/h2-6,8-9,11-12,18H,7,10,13-16H2,1H3/p+1/t18-/m1/s1. The number of fused-ring (bicyclic) bond motifs is 1. The van der Waals surface area contributed by atoms with E-state index in [0.29, 0.717) is 19.0 Å². The molecule has 0 radical (unpaired) electrons. The Morgan fingerprint density at radius 2 is 1.96 bits per heavy atom. The number of para-hydroxylation sites is 1. The molecule has 1 unspecified atom stereocenters. The molecule has 0 spiro atoms. The second kappa shape index (κ2) is 8.19. The van der Waals surface area contributed by atoms with Gasteiger partial charge in [-0.15, -0.1) is 11.3 Å². The molecular formula is C22H26N3OS+. The summed E-state index contributed by atoms with van der Waals surface area (Å²) in [6, 6.07) is 18.5. The summed E-state index contributed by atoms with van der Waals surface area (Å²) in [7, 11) is 1.91. The molecule has 3 aromatic rings. The first-order valence-electron chi connectivity index (χ1n) is 9.66. The molecule has 0 aliphatic carbocycles. The lowest BCUT2D eigenvalue weighted by molar-refractivity contribution is -0.898.